The first-order valence-corrected chi connectivity index (χ1v) is 11.0. The standard InChI is InChI=1S/C19H26N2O5S/c22-18(23)10-9-16-5-1-2-11-21(16)19(24)15-4-3-6-17(12-15)27(25,26)20-13-14-7-8-14/h3-4,6,12,14,16,20H,1-2,5,7-11,13H2,(H,22,23). The van der Waals surface area contributed by atoms with Gasteiger partial charge in [-0.25, -0.2) is 13.1 Å². The molecule has 1 unspecified atom stereocenters. The number of carbonyl (C=O) groups excluding carboxylic acids is 1. The summed E-state index contributed by atoms with van der Waals surface area (Å²) in [6, 6.07) is 5.99. The SMILES string of the molecule is O=C(O)CCC1CCCCN1C(=O)c1cccc(S(=O)(=O)NCC2CC2)c1. The molecule has 1 amide bonds. The zero-order chi connectivity index (χ0) is 19.4. The molecule has 7 nitrogen and oxygen atoms in total. The van der Waals surface area contributed by atoms with Crippen molar-refractivity contribution in [3.63, 3.8) is 0 Å². The van der Waals surface area contributed by atoms with Crippen molar-refractivity contribution in [2.75, 3.05) is 13.1 Å². The molecular weight excluding hydrogens is 368 g/mol. The topological polar surface area (TPSA) is 104 Å². The van der Waals surface area contributed by atoms with E-state index in [-0.39, 0.29) is 23.3 Å². The molecule has 2 N–H and O–H groups in total. The summed E-state index contributed by atoms with van der Waals surface area (Å²) in [4.78, 5) is 25.6. The quantitative estimate of drug-likeness (QED) is 0.704. The number of hydrogen-bond acceptors (Lipinski definition) is 4. The monoisotopic (exact) mass is 394 g/mol. The van der Waals surface area contributed by atoms with Gasteiger partial charge >= 0.3 is 5.97 Å². The third-order valence-corrected chi connectivity index (χ3v) is 6.65. The van der Waals surface area contributed by atoms with E-state index in [9.17, 15) is 18.0 Å². The van der Waals surface area contributed by atoms with E-state index in [0.29, 0.717) is 31.0 Å². The number of carboxylic acid groups (broad SMARTS) is 1. The number of likely N-dealkylation sites (tertiary alicyclic amines) is 1. The van der Waals surface area contributed by atoms with Crippen molar-refractivity contribution >= 4 is 21.9 Å². The van der Waals surface area contributed by atoms with E-state index in [0.717, 1.165) is 32.1 Å². The van der Waals surface area contributed by atoms with E-state index < -0.39 is 16.0 Å². The van der Waals surface area contributed by atoms with Gasteiger partial charge in [0.05, 0.1) is 4.90 Å². The second-order valence-corrected chi connectivity index (χ2v) is 9.17. The minimum Gasteiger partial charge on any atom is -0.481 e. The summed E-state index contributed by atoms with van der Waals surface area (Å²) in [5.74, 6) is -0.680. The van der Waals surface area contributed by atoms with Crippen LogP contribution in [0.15, 0.2) is 29.2 Å². The highest BCUT2D eigenvalue weighted by molar-refractivity contribution is 7.89. The fraction of sp³-hybridized carbons (Fsp3) is 0.579. The minimum absolute atomic E-state index is 0.0218. The van der Waals surface area contributed by atoms with Crippen molar-refractivity contribution in [3.05, 3.63) is 29.8 Å². The smallest absolute Gasteiger partial charge is 0.303 e. The van der Waals surface area contributed by atoms with Crippen LogP contribution in [0.1, 0.15) is 55.3 Å². The molecule has 2 fully saturated rings. The van der Waals surface area contributed by atoms with E-state index >= 15 is 0 Å². The van der Waals surface area contributed by atoms with Crippen molar-refractivity contribution in [2.45, 2.75) is 55.9 Å². The molecule has 1 atom stereocenters. The largest absolute Gasteiger partial charge is 0.481 e. The second-order valence-electron chi connectivity index (χ2n) is 7.40. The Kier molecular flexibility index (Phi) is 6.16. The van der Waals surface area contributed by atoms with Gasteiger partial charge in [-0.05, 0) is 62.6 Å². The summed E-state index contributed by atoms with van der Waals surface area (Å²) in [5.41, 5.74) is 0.325. The van der Waals surface area contributed by atoms with Crippen molar-refractivity contribution in [1.82, 2.24) is 9.62 Å². The van der Waals surface area contributed by atoms with Crippen LogP contribution in [0.3, 0.4) is 0 Å². The lowest BCUT2D eigenvalue weighted by atomic mass is 9.97. The lowest BCUT2D eigenvalue weighted by Crippen LogP contribution is -2.44. The number of nitrogens with one attached hydrogen (secondary N) is 1. The van der Waals surface area contributed by atoms with Crippen LogP contribution < -0.4 is 4.72 Å². The molecule has 0 aromatic heterocycles. The van der Waals surface area contributed by atoms with Crippen LogP contribution in [0, 0.1) is 5.92 Å². The summed E-state index contributed by atoms with van der Waals surface area (Å²) >= 11 is 0. The van der Waals surface area contributed by atoms with Crippen LogP contribution in [0.2, 0.25) is 0 Å². The number of amides is 1. The van der Waals surface area contributed by atoms with Gasteiger partial charge in [-0.15, -0.1) is 0 Å². The van der Waals surface area contributed by atoms with E-state index in [1.54, 1.807) is 17.0 Å². The van der Waals surface area contributed by atoms with Crippen molar-refractivity contribution in [1.29, 1.82) is 0 Å². The molecule has 1 aromatic rings. The zero-order valence-corrected chi connectivity index (χ0v) is 16.1. The normalized spacial score (nSPS) is 20.4. The highest BCUT2D eigenvalue weighted by Gasteiger charge is 2.29. The fourth-order valence-electron chi connectivity index (χ4n) is 3.45. The Bertz CT molecular complexity index is 804. The number of aliphatic carboxylic acids is 1. The van der Waals surface area contributed by atoms with Gasteiger partial charge in [0.1, 0.15) is 0 Å². The summed E-state index contributed by atoms with van der Waals surface area (Å²) in [6.45, 7) is 1.00. The van der Waals surface area contributed by atoms with Gasteiger partial charge in [-0.2, -0.15) is 0 Å². The number of hydrogen-bond donors (Lipinski definition) is 2. The highest BCUT2D eigenvalue weighted by atomic mass is 32.2. The van der Waals surface area contributed by atoms with Crippen LogP contribution in [-0.4, -0.2) is 49.4 Å². The van der Waals surface area contributed by atoms with Gasteiger partial charge in [-0.3, -0.25) is 9.59 Å². The Labute approximate surface area is 159 Å². The van der Waals surface area contributed by atoms with E-state index in [1.807, 2.05) is 0 Å². The molecule has 1 saturated heterocycles. The fourth-order valence-corrected chi connectivity index (χ4v) is 4.61. The third-order valence-electron chi connectivity index (χ3n) is 5.23. The molecule has 8 heteroatoms. The molecule has 1 saturated carbocycles. The molecule has 3 rings (SSSR count). The zero-order valence-electron chi connectivity index (χ0n) is 15.3. The van der Waals surface area contributed by atoms with E-state index in [1.165, 1.54) is 12.1 Å². The van der Waals surface area contributed by atoms with Gasteiger partial charge in [0.25, 0.3) is 5.91 Å². The lowest BCUT2D eigenvalue weighted by Gasteiger charge is -2.35. The Morgan fingerprint density at radius 2 is 1.96 bits per heavy atom. The molecule has 1 aromatic carbocycles. The van der Waals surface area contributed by atoms with Crippen molar-refractivity contribution < 1.29 is 23.1 Å². The number of nitrogens with zero attached hydrogens (tertiary/aromatic N) is 1. The molecule has 1 aliphatic heterocycles. The number of piperidine rings is 1. The highest BCUT2D eigenvalue weighted by Crippen LogP contribution is 2.28. The predicted molar refractivity (Wildman–Crippen MR) is 99.9 cm³/mol. The van der Waals surface area contributed by atoms with Gasteiger partial charge < -0.3 is 10.0 Å². The maximum absolute atomic E-state index is 13.0. The Balaban J connectivity index is 1.74. The van der Waals surface area contributed by atoms with Gasteiger partial charge in [-0.1, -0.05) is 6.07 Å². The Hall–Kier alpha value is -1.93. The average molecular weight is 394 g/mol. The Morgan fingerprint density at radius 1 is 1.19 bits per heavy atom. The summed E-state index contributed by atoms with van der Waals surface area (Å²) in [5, 5.41) is 8.93. The Morgan fingerprint density at radius 3 is 2.67 bits per heavy atom. The summed E-state index contributed by atoms with van der Waals surface area (Å²) in [6.07, 6.45) is 5.15. The average Bonchev–Trinajstić information content (AvgIpc) is 3.49. The number of carboxylic acids is 1. The maximum atomic E-state index is 13.0. The molecule has 1 aliphatic carbocycles. The maximum Gasteiger partial charge on any atom is 0.303 e. The first-order chi connectivity index (χ1) is 12.9. The second kappa shape index (κ2) is 8.39. The van der Waals surface area contributed by atoms with Crippen LogP contribution in [0.4, 0.5) is 0 Å². The molecular formula is C19H26N2O5S. The number of carbonyl (C=O) groups is 2. The van der Waals surface area contributed by atoms with Gasteiger partial charge in [0.2, 0.25) is 10.0 Å². The number of rotatable bonds is 8. The first kappa shape index (κ1) is 19.8. The van der Waals surface area contributed by atoms with Crippen molar-refractivity contribution in [3.8, 4) is 0 Å². The minimum atomic E-state index is -3.64. The van der Waals surface area contributed by atoms with Gasteiger partial charge in [0, 0.05) is 31.1 Å². The van der Waals surface area contributed by atoms with Gasteiger partial charge in [0.15, 0.2) is 0 Å². The van der Waals surface area contributed by atoms with Crippen LogP contribution in [0.25, 0.3) is 0 Å². The van der Waals surface area contributed by atoms with Crippen molar-refractivity contribution in [2.24, 2.45) is 5.92 Å². The molecule has 0 spiro atoms. The summed E-state index contributed by atoms with van der Waals surface area (Å²) in [7, 11) is -3.64. The van der Waals surface area contributed by atoms with E-state index in [2.05, 4.69) is 4.72 Å². The summed E-state index contributed by atoms with van der Waals surface area (Å²) < 4.78 is 27.5. The molecule has 1 heterocycles. The lowest BCUT2D eigenvalue weighted by molar-refractivity contribution is -0.137. The first-order valence-electron chi connectivity index (χ1n) is 9.49. The molecule has 148 valence electrons. The number of sulfonamides is 1. The third kappa shape index (κ3) is 5.29. The molecule has 27 heavy (non-hydrogen) atoms. The van der Waals surface area contributed by atoms with Crippen LogP contribution in [0.5, 0.6) is 0 Å². The molecule has 0 radical (unpaired) electrons. The van der Waals surface area contributed by atoms with Crippen LogP contribution in [-0.2, 0) is 14.8 Å². The molecule has 2 aliphatic rings. The number of benzene rings is 1. The molecule has 0 bridgehead atoms. The van der Waals surface area contributed by atoms with E-state index in [4.69, 9.17) is 5.11 Å². The van der Waals surface area contributed by atoms with Crippen LogP contribution >= 0.6 is 0 Å². The predicted octanol–water partition coefficient (Wildman–Crippen LogP) is 2.23.